The Kier molecular flexibility index (Phi) is 6.65. The number of carboxylic acid groups (broad SMARTS) is 1. The number of furan rings is 1. The molecule has 2 aliphatic heterocycles. The van der Waals surface area contributed by atoms with Crippen molar-refractivity contribution in [1.29, 1.82) is 0 Å². The number of rotatable bonds is 8. The van der Waals surface area contributed by atoms with Crippen molar-refractivity contribution in [1.82, 2.24) is 19.9 Å². The van der Waals surface area contributed by atoms with Crippen LogP contribution in [-0.4, -0.2) is 73.2 Å². The molecule has 1 saturated heterocycles. The summed E-state index contributed by atoms with van der Waals surface area (Å²) in [6.45, 7) is 0. The second-order valence-electron chi connectivity index (χ2n) is 6.96. The lowest BCUT2D eigenvalue weighted by Crippen LogP contribution is -2.71. The van der Waals surface area contributed by atoms with E-state index in [1.165, 1.54) is 43.5 Å². The number of amides is 2. The number of aliphatic carboxylic acids is 1. The number of nitrogens with zero attached hydrogens (tertiary/aromatic N) is 4. The smallest absolute Gasteiger partial charge is 0.366 e. The molecule has 4 N–H and O–H groups in total. The highest BCUT2D eigenvalue weighted by Crippen LogP contribution is 2.41. The maximum absolute atomic E-state index is 12.8. The fourth-order valence-electron chi connectivity index (χ4n) is 3.35. The van der Waals surface area contributed by atoms with Crippen molar-refractivity contribution in [3.8, 4) is 0 Å². The van der Waals surface area contributed by atoms with Crippen LogP contribution in [0.5, 0.6) is 0 Å². The van der Waals surface area contributed by atoms with Gasteiger partial charge >= 0.3 is 11.7 Å². The molecule has 4 rings (SSSR count). The second kappa shape index (κ2) is 9.64. The Balaban J connectivity index is 1.49. The second-order valence-corrected chi connectivity index (χ2v) is 9.06. The molecule has 2 aromatic heterocycles. The first kappa shape index (κ1) is 23.4. The summed E-state index contributed by atoms with van der Waals surface area (Å²) in [5.74, 6) is 3.54. The highest BCUT2D eigenvalue weighted by atomic mass is 32.2. The molecule has 0 bridgehead atoms. The van der Waals surface area contributed by atoms with Gasteiger partial charge < -0.3 is 25.5 Å². The number of nitrogens with one attached hydrogen (secondary N) is 1. The minimum atomic E-state index is -1.26. The van der Waals surface area contributed by atoms with E-state index in [4.69, 9.17) is 15.1 Å². The molecule has 34 heavy (non-hydrogen) atoms. The first-order valence-electron chi connectivity index (χ1n) is 9.65. The van der Waals surface area contributed by atoms with Crippen LogP contribution in [0.2, 0.25) is 0 Å². The molecule has 13 nitrogen and oxygen atoms in total. The molecule has 2 atom stereocenters. The molecule has 0 radical (unpaired) electrons. The Morgan fingerprint density at radius 2 is 2.24 bits per heavy atom. The number of fused-ring (bicyclic) bond motifs is 1. The van der Waals surface area contributed by atoms with E-state index in [0.717, 1.165) is 21.3 Å². The third-order valence-corrected chi connectivity index (χ3v) is 7.24. The van der Waals surface area contributed by atoms with Gasteiger partial charge in [-0.1, -0.05) is 5.16 Å². The van der Waals surface area contributed by atoms with E-state index >= 15 is 0 Å². The van der Waals surface area contributed by atoms with Crippen LogP contribution in [0, 0.1) is 0 Å². The van der Waals surface area contributed by atoms with Crippen molar-refractivity contribution in [2.24, 2.45) is 5.16 Å². The van der Waals surface area contributed by atoms with Gasteiger partial charge in [0.25, 0.3) is 11.8 Å². The van der Waals surface area contributed by atoms with Crippen LogP contribution in [-0.2, 0) is 19.2 Å². The standard InChI is InChI=1S/C19H18N6O7S2/c1-31-23-12(10-3-2-6-32-10)15(26)22-13-16(27)25-14(18(28)29)9(8-34-17(13)25)7-33-11-4-5-24(20)19(30)21-11/h2-6,13,17H,7-8,20H2,1H3,(H,22,26)(H,28,29)/t13-,17-/m1/s1. The largest absolute Gasteiger partial charge is 0.477 e. The van der Waals surface area contributed by atoms with E-state index in [9.17, 15) is 24.3 Å². The monoisotopic (exact) mass is 506 g/mol. The molecule has 178 valence electrons. The summed E-state index contributed by atoms with van der Waals surface area (Å²) in [7, 11) is 1.27. The number of carboxylic acids is 1. The first-order chi connectivity index (χ1) is 16.3. The van der Waals surface area contributed by atoms with Gasteiger partial charge in [0.2, 0.25) is 5.71 Å². The average molecular weight is 507 g/mol. The van der Waals surface area contributed by atoms with Gasteiger partial charge in [0, 0.05) is 17.7 Å². The Labute approximate surface area is 200 Å². The molecule has 1 fully saturated rings. The van der Waals surface area contributed by atoms with E-state index in [1.807, 2.05) is 0 Å². The van der Waals surface area contributed by atoms with Crippen LogP contribution in [0.3, 0.4) is 0 Å². The first-order valence-corrected chi connectivity index (χ1v) is 11.7. The van der Waals surface area contributed by atoms with E-state index < -0.39 is 34.9 Å². The van der Waals surface area contributed by atoms with Crippen molar-refractivity contribution >= 4 is 47.0 Å². The molecule has 2 aliphatic rings. The number of carbonyl (C=O) groups excluding carboxylic acids is 2. The minimum Gasteiger partial charge on any atom is -0.477 e. The van der Waals surface area contributed by atoms with Crippen molar-refractivity contribution in [3.63, 3.8) is 0 Å². The lowest BCUT2D eigenvalue weighted by atomic mass is 10.0. The van der Waals surface area contributed by atoms with Crippen molar-refractivity contribution in [2.75, 3.05) is 24.5 Å². The van der Waals surface area contributed by atoms with Gasteiger partial charge in [0.05, 0.1) is 6.26 Å². The Morgan fingerprint density at radius 1 is 1.44 bits per heavy atom. The Morgan fingerprint density at radius 3 is 2.88 bits per heavy atom. The summed E-state index contributed by atoms with van der Waals surface area (Å²) in [6.07, 6.45) is 2.72. The molecule has 2 amide bonds. The number of hydrogen-bond donors (Lipinski definition) is 3. The predicted octanol–water partition coefficient (Wildman–Crippen LogP) is -0.568. The number of nitrogens with two attached hydrogens (primary N) is 1. The molecule has 0 saturated carbocycles. The summed E-state index contributed by atoms with van der Waals surface area (Å²) >= 11 is 2.47. The summed E-state index contributed by atoms with van der Waals surface area (Å²) < 4.78 is 6.01. The van der Waals surface area contributed by atoms with Crippen molar-refractivity contribution in [2.45, 2.75) is 16.4 Å². The van der Waals surface area contributed by atoms with Gasteiger partial charge in [0.15, 0.2) is 5.76 Å². The van der Waals surface area contributed by atoms with Crippen LogP contribution >= 0.6 is 23.5 Å². The summed E-state index contributed by atoms with van der Waals surface area (Å²) in [4.78, 5) is 58.8. The maximum Gasteiger partial charge on any atom is 0.366 e. The van der Waals surface area contributed by atoms with Crippen LogP contribution in [0.1, 0.15) is 5.76 Å². The van der Waals surface area contributed by atoms with Crippen LogP contribution in [0.4, 0.5) is 0 Å². The SMILES string of the molecule is CON=C(C(=O)N[C@@H]1C(=O)N2C(C(=O)O)=C(CSc3ccn(N)c(=O)n3)CS[C@H]12)c1ccco1. The molecule has 0 aromatic carbocycles. The Hall–Kier alpha value is -3.72. The normalized spacial score (nSPS) is 20.0. The quantitative estimate of drug-likeness (QED) is 0.104. The summed E-state index contributed by atoms with van der Waals surface area (Å²) in [5, 5.41) is 15.8. The molecule has 4 heterocycles. The zero-order valence-corrected chi connectivity index (χ0v) is 19.2. The van der Waals surface area contributed by atoms with Gasteiger partial charge in [-0.25, -0.2) is 14.3 Å². The molecular weight excluding hydrogens is 488 g/mol. The third kappa shape index (κ3) is 4.38. The van der Waals surface area contributed by atoms with Crippen LogP contribution in [0.25, 0.3) is 0 Å². The predicted molar refractivity (Wildman–Crippen MR) is 121 cm³/mol. The van der Waals surface area contributed by atoms with E-state index in [-0.39, 0.29) is 22.9 Å². The summed E-state index contributed by atoms with van der Waals surface area (Å²) in [5.41, 5.74) is -0.445. The number of β-lactam (4-membered cyclic amide) rings is 1. The van der Waals surface area contributed by atoms with E-state index in [0.29, 0.717) is 16.4 Å². The van der Waals surface area contributed by atoms with E-state index in [2.05, 4.69) is 15.5 Å². The zero-order chi connectivity index (χ0) is 24.4. The number of nitrogen functional groups attached to an aromatic ring is 1. The summed E-state index contributed by atoms with van der Waals surface area (Å²) in [6, 6.07) is 3.67. The molecule has 0 unspecified atom stereocenters. The zero-order valence-electron chi connectivity index (χ0n) is 17.5. The highest BCUT2D eigenvalue weighted by Gasteiger charge is 2.54. The van der Waals surface area contributed by atoms with Gasteiger partial charge in [-0.15, -0.1) is 23.5 Å². The van der Waals surface area contributed by atoms with Crippen LogP contribution < -0.4 is 16.8 Å². The Bertz CT molecular complexity index is 1260. The minimum absolute atomic E-state index is 0.143. The fraction of sp³-hybridized carbons (Fsp3) is 0.263. The lowest BCUT2D eigenvalue weighted by Gasteiger charge is -2.49. The molecular formula is C19H18N6O7S2. The highest BCUT2D eigenvalue weighted by molar-refractivity contribution is 8.01. The number of thioether (sulfide) groups is 2. The van der Waals surface area contributed by atoms with Crippen molar-refractivity contribution < 1.29 is 28.7 Å². The topological polar surface area (TPSA) is 182 Å². The number of hydrogen-bond acceptors (Lipinski definition) is 11. The number of aromatic nitrogens is 2. The van der Waals surface area contributed by atoms with Gasteiger partial charge in [-0.05, 0) is 23.8 Å². The van der Waals surface area contributed by atoms with Gasteiger partial charge in [0.1, 0.15) is 29.2 Å². The molecule has 2 aromatic rings. The third-order valence-electron chi connectivity index (χ3n) is 4.89. The molecule has 0 aliphatic carbocycles. The molecule has 15 heteroatoms. The van der Waals surface area contributed by atoms with Gasteiger partial charge in [-0.2, -0.15) is 4.98 Å². The van der Waals surface area contributed by atoms with E-state index in [1.54, 1.807) is 6.07 Å². The van der Waals surface area contributed by atoms with Gasteiger partial charge in [-0.3, -0.25) is 14.5 Å². The number of carbonyl (C=O) groups is 3. The maximum atomic E-state index is 12.8. The number of oxime groups is 1. The van der Waals surface area contributed by atoms with Crippen LogP contribution in [0.15, 0.2) is 61.3 Å². The lowest BCUT2D eigenvalue weighted by molar-refractivity contribution is -0.150. The average Bonchev–Trinajstić information content (AvgIpc) is 3.35. The van der Waals surface area contributed by atoms with Crippen molar-refractivity contribution in [3.05, 3.63) is 58.2 Å². The molecule has 0 spiro atoms. The fourth-order valence-corrected chi connectivity index (χ4v) is 5.68.